The highest BCUT2D eigenvalue weighted by Gasteiger charge is 2.27. The zero-order valence-electron chi connectivity index (χ0n) is 14.3. The number of para-hydroxylation sites is 1. The summed E-state index contributed by atoms with van der Waals surface area (Å²) in [7, 11) is 3.62. The molecular formula is C18H24N4O2. The molecule has 1 fully saturated rings. The minimum absolute atomic E-state index is 0.202. The number of aromatic nitrogens is 3. The van der Waals surface area contributed by atoms with E-state index in [1.54, 1.807) is 13.4 Å². The van der Waals surface area contributed by atoms with Gasteiger partial charge >= 0.3 is 0 Å². The molecule has 1 amide bonds. The summed E-state index contributed by atoms with van der Waals surface area (Å²) < 4.78 is 7.31. The van der Waals surface area contributed by atoms with Gasteiger partial charge in [0.15, 0.2) is 0 Å². The topological polar surface area (TPSA) is 60.2 Å². The van der Waals surface area contributed by atoms with Gasteiger partial charge in [-0.3, -0.25) is 4.79 Å². The zero-order valence-corrected chi connectivity index (χ0v) is 14.3. The number of rotatable bonds is 5. The second-order valence-electron chi connectivity index (χ2n) is 6.29. The van der Waals surface area contributed by atoms with E-state index in [1.807, 2.05) is 40.8 Å². The lowest BCUT2D eigenvalue weighted by Crippen LogP contribution is -2.39. The van der Waals surface area contributed by atoms with Crippen LogP contribution < -0.4 is 4.74 Å². The summed E-state index contributed by atoms with van der Waals surface area (Å²) in [4.78, 5) is 14.6. The lowest BCUT2D eigenvalue weighted by Gasteiger charge is -2.32. The first-order valence-electron chi connectivity index (χ1n) is 8.42. The molecule has 6 nitrogen and oxygen atoms in total. The van der Waals surface area contributed by atoms with Crippen molar-refractivity contribution in [1.82, 2.24) is 19.7 Å². The van der Waals surface area contributed by atoms with E-state index in [1.165, 1.54) is 0 Å². The maximum atomic E-state index is 12.6. The maximum absolute atomic E-state index is 12.6. The summed E-state index contributed by atoms with van der Waals surface area (Å²) in [6.07, 6.45) is 5.00. The number of carbonyl (C=O) groups excluding carboxylic acids is 1. The van der Waals surface area contributed by atoms with Gasteiger partial charge in [-0.2, -0.15) is 0 Å². The minimum atomic E-state index is 0.202. The molecule has 1 aliphatic heterocycles. The number of hydrogen-bond acceptors (Lipinski definition) is 4. The first-order chi connectivity index (χ1) is 11.7. The molecule has 2 aromatic rings. The van der Waals surface area contributed by atoms with Crippen LogP contribution in [0.15, 0.2) is 30.6 Å². The van der Waals surface area contributed by atoms with Crippen molar-refractivity contribution < 1.29 is 9.53 Å². The SMILES string of the molecule is COc1ccccc1CCC(=O)N1CCCC(c2nncn2C)C1. The second-order valence-corrected chi connectivity index (χ2v) is 6.29. The van der Waals surface area contributed by atoms with Gasteiger partial charge in [0.25, 0.3) is 0 Å². The molecule has 24 heavy (non-hydrogen) atoms. The molecule has 0 saturated carbocycles. The monoisotopic (exact) mass is 328 g/mol. The number of amides is 1. The number of piperidine rings is 1. The Hall–Kier alpha value is -2.37. The number of ether oxygens (including phenoxy) is 1. The summed E-state index contributed by atoms with van der Waals surface area (Å²) in [5.41, 5.74) is 1.08. The molecule has 0 spiro atoms. The Morgan fingerprint density at radius 1 is 1.38 bits per heavy atom. The van der Waals surface area contributed by atoms with Crippen molar-refractivity contribution in [1.29, 1.82) is 0 Å². The van der Waals surface area contributed by atoms with Crippen LogP contribution in [0, 0.1) is 0 Å². The molecule has 1 saturated heterocycles. The summed E-state index contributed by atoms with van der Waals surface area (Å²) in [6.45, 7) is 1.57. The van der Waals surface area contributed by atoms with Crippen LogP contribution in [0.1, 0.15) is 36.6 Å². The number of benzene rings is 1. The van der Waals surface area contributed by atoms with Gasteiger partial charge in [-0.05, 0) is 30.9 Å². The van der Waals surface area contributed by atoms with E-state index in [-0.39, 0.29) is 11.8 Å². The predicted molar refractivity (Wildman–Crippen MR) is 90.9 cm³/mol. The van der Waals surface area contributed by atoms with Crippen molar-refractivity contribution in [3.8, 4) is 5.75 Å². The number of likely N-dealkylation sites (tertiary alicyclic amines) is 1. The van der Waals surface area contributed by atoms with Crippen molar-refractivity contribution in [3.05, 3.63) is 42.0 Å². The summed E-state index contributed by atoms with van der Waals surface area (Å²) >= 11 is 0. The van der Waals surface area contributed by atoms with Crippen LogP contribution in [0.4, 0.5) is 0 Å². The third-order valence-corrected chi connectivity index (χ3v) is 4.69. The van der Waals surface area contributed by atoms with Crippen LogP contribution >= 0.6 is 0 Å². The number of hydrogen-bond donors (Lipinski definition) is 0. The normalized spacial score (nSPS) is 17.8. The highest BCUT2D eigenvalue weighted by Crippen LogP contribution is 2.26. The fraction of sp³-hybridized carbons (Fsp3) is 0.500. The van der Waals surface area contributed by atoms with Crippen LogP contribution in [-0.2, 0) is 18.3 Å². The Morgan fingerprint density at radius 3 is 2.96 bits per heavy atom. The Balaban J connectivity index is 1.59. The van der Waals surface area contributed by atoms with E-state index in [9.17, 15) is 4.79 Å². The van der Waals surface area contributed by atoms with Crippen molar-refractivity contribution in [2.75, 3.05) is 20.2 Å². The predicted octanol–water partition coefficient (Wildman–Crippen LogP) is 2.16. The highest BCUT2D eigenvalue weighted by atomic mass is 16.5. The quantitative estimate of drug-likeness (QED) is 0.844. The molecule has 3 rings (SSSR count). The molecule has 1 aromatic carbocycles. The molecule has 6 heteroatoms. The lowest BCUT2D eigenvalue weighted by atomic mass is 9.96. The van der Waals surface area contributed by atoms with Crippen LogP contribution in [0.5, 0.6) is 5.75 Å². The third kappa shape index (κ3) is 3.58. The molecule has 128 valence electrons. The van der Waals surface area contributed by atoms with E-state index in [0.29, 0.717) is 12.8 Å². The Kier molecular flexibility index (Phi) is 5.13. The molecule has 0 bridgehead atoms. The van der Waals surface area contributed by atoms with Gasteiger partial charge < -0.3 is 14.2 Å². The molecule has 2 heterocycles. The standard InChI is InChI=1S/C18H24N4O2/c1-21-13-19-20-18(21)15-7-5-11-22(12-15)17(23)10-9-14-6-3-4-8-16(14)24-2/h3-4,6,8,13,15H,5,7,9-12H2,1-2H3. The Bertz CT molecular complexity index is 698. The van der Waals surface area contributed by atoms with Gasteiger partial charge in [-0.25, -0.2) is 0 Å². The van der Waals surface area contributed by atoms with E-state index >= 15 is 0 Å². The zero-order chi connectivity index (χ0) is 16.9. The molecule has 0 N–H and O–H groups in total. The number of methoxy groups -OCH3 is 1. The fourth-order valence-electron chi connectivity index (χ4n) is 3.39. The van der Waals surface area contributed by atoms with E-state index in [0.717, 1.165) is 43.1 Å². The summed E-state index contributed by atoms with van der Waals surface area (Å²) in [6, 6.07) is 7.88. The average molecular weight is 328 g/mol. The first kappa shape index (κ1) is 16.5. The van der Waals surface area contributed by atoms with Gasteiger partial charge in [0.05, 0.1) is 7.11 Å². The van der Waals surface area contributed by atoms with Crippen LogP contribution in [0.2, 0.25) is 0 Å². The van der Waals surface area contributed by atoms with Gasteiger partial charge in [-0.1, -0.05) is 18.2 Å². The van der Waals surface area contributed by atoms with E-state index in [2.05, 4.69) is 10.2 Å². The minimum Gasteiger partial charge on any atom is -0.496 e. The van der Waals surface area contributed by atoms with Crippen molar-refractivity contribution in [2.45, 2.75) is 31.6 Å². The molecule has 1 atom stereocenters. The third-order valence-electron chi connectivity index (χ3n) is 4.69. The fourth-order valence-corrected chi connectivity index (χ4v) is 3.39. The van der Waals surface area contributed by atoms with Crippen LogP contribution in [0.3, 0.4) is 0 Å². The van der Waals surface area contributed by atoms with Crippen LogP contribution in [-0.4, -0.2) is 45.8 Å². The number of aryl methyl sites for hydroxylation is 2. The van der Waals surface area contributed by atoms with E-state index in [4.69, 9.17) is 4.74 Å². The summed E-state index contributed by atoms with van der Waals surface area (Å²) in [5, 5.41) is 8.17. The Labute approximate surface area is 142 Å². The first-order valence-corrected chi connectivity index (χ1v) is 8.42. The molecular weight excluding hydrogens is 304 g/mol. The molecule has 1 aliphatic rings. The van der Waals surface area contributed by atoms with Gasteiger partial charge in [0.2, 0.25) is 5.91 Å². The van der Waals surface area contributed by atoms with E-state index < -0.39 is 0 Å². The van der Waals surface area contributed by atoms with Crippen molar-refractivity contribution in [3.63, 3.8) is 0 Å². The summed E-state index contributed by atoms with van der Waals surface area (Å²) in [5.74, 6) is 2.30. The Morgan fingerprint density at radius 2 is 2.21 bits per heavy atom. The molecule has 1 aromatic heterocycles. The number of carbonyl (C=O) groups is 1. The second kappa shape index (κ2) is 7.47. The van der Waals surface area contributed by atoms with Crippen molar-refractivity contribution >= 4 is 5.91 Å². The van der Waals surface area contributed by atoms with Crippen molar-refractivity contribution in [2.24, 2.45) is 7.05 Å². The lowest BCUT2D eigenvalue weighted by molar-refractivity contribution is -0.132. The number of nitrogens with zero attached hydrogens (tertiary/aromatic N) is 4. The average Bonchev–Trinajstić information content (AvgIpc) is 3.06. The molecule has 0 aliphatic carbocycles. The maximum Gasteiger partial charge on any atom is 0.222 e. The molecule has 0 radical (unpaired) electrons. The van der Waals surface area contributed by atoms with Gasteiger partial charge in [0, 0.05) is 32.5 Å². The largest absolute Gasteiger partial charge is 0.496 e. The van der Waals surface area contributed by atoms with Crippen LogP contribution in [0.25, 0.3) is 0 Å². The highest BCUT2D eigenvalue weighted by molar-refractivity contribution is 5.76. The molecule has 1 unspecified atom stereocenters. The van der Waals surface area contributed by atoms with Gasteiger partial charge in [0.1, 0.15) is 17.9 Å². The van der Waals surface area contributed by atoms with Gasteiger partial charge in [-0.15, -0.1) is 10.2 Å². The smallest absolute Gasteiger partial charge is 0.222 e.